The van der Waals surface area contributed by atoms with Crippen molar-refractivity contribution in [2.24, 2.45) is 5.73 Å². The highest BCUT2D eigenvalue weighted by atomic mass is 16.5. The molecule has 0 atom stereocenters. The van der Waals surface area contributed by atoms with Crippen molar-refractivity contribution >= 4 is 28.7 Å². The number of nitrogens with two attached hydrogens (primary N) is 1. The third kappa shape index (κ3) is 2.32. The molecule has 88 valence electrons. The molecule has 0 aliphatic rings. The molecule has 2 rings (SSSR count). The van der Waals surface area contributed by atoms with Crippen LogP contribution in [0.25, 0.3) is 10.9 Å². The van der Waals surface area contributed by atoms with Gasteiger partial charge in [0.05, 0.1) is 5.52 Å². The molecular weight excluding hydrogens is 224 g/mol. The molecule has 1 heterocycles. The SMILES string of the molecule is NC(=O)NNc1nc(NO)nc2ccccc12. The van der Waals surface area contributed by atoms with E-state index in [2.05, 4.69) is 20.8 Å². The summed E-state index contributed by atoms with van der Waals surface area (Å²) < 4.78 is 0. The number of anilines is 2. The molecule has 0 bridgehead atoms. The van der Waals surface area contributed by atoms with Gasteiger partial charge in [-0.25, -0.2) is 15.3 Å². The number of benzene rings is 1. The number of fused-ring (bicyclic) bond motifs is 1. The van der Waals surface area contributed by atoms with Gasteiger partial charge in [0.2, 0.25) is 5.95 Å². The van der Waals surface area contributed by atoms with E-state index in [1.165, 1.54) is 0 Å². The zero-order chi connectivity index (χ0) is 12.3. The Hall–Kier alpha value is -2.61. The first-order valence-corrected chi connectivity index (χ1v) is 4.69. The lowest BCUT2D eigenvalue weighted by Gasteiger charge is -2.09. The number of nitrogens with one attached hydrogen (secondary N) is 3. The summed E-state index contributed by atoms with van der Waals surface area (Å²) in [5.74, 6) is 0.337. The van der Waals surface area contributed by atoms with E-state index in [4.69, 9.17) is 10.9 Å². The third-order valence-electron chi connectivity index (χ3n) is 2.01. The van der Waals surface area contributed by atoms with Gasteiger partial charge in [-0.3, -0.25) is 16.1 Å². The Morgan fingerprint density at radius 1 is 1.29 bits per heavy atom. The predicted molar refractivity (Wildman–Crippen MR) is 61.3 cm³/mol. The highest BCUT2D eigenvalue weighted by Gasteiger charge is 2.06. The first-order chi connectivity index (χ1) is 8.20. The van der Waals surface area contributed by atoms with E-state index in [0.29, 0.717) is 16.7 Å². The Morgan fingerprint density at radius 2 is 2.06 bits per heavy atom. The average Bonchev–Trinajstić information content (AvgIpc) is 2.35. The number of carbonyl (C=O) groups is 1. The number of hydrazine groups is 1. The van der Waals surface area contributed by atoms with E-state index < -0.39 is 6.03 Å². The summed E-state index contributed by atoms with van der Waals surface area (Å²) in [5.41, 5.74) is 12.1. The first-order valence-electron chi connectivity index (χ1n) is 4.69. The zero-order valence-electron chi connectivity index (χ0n) is 8.64. The van der Waals surface area contributed by atoms with Crippen LogP contribution in [-0.2, 0) is 0 Å². The first kappa shape index (κ1) is 10.9. The van der Waals surface area contributed by atoms with Crippen LogP contribution in [0.2, 0.25) is 0 Å². The number of amides is 2. The Kier molecular flexibility index (Phi) is 2.88. The lowest BCUT2D eigenvalue weighted by atomic mass is 10.2. The second-order valence-corrected chi connectivity index (χ2v) is 3.14. The van der Waals surface area contributed by atoms with E-state index in [9.17, 15) is 4.79 Å². The second kappa shape index (κ2) is 4.49. The molecule has 0 unspecified atom stereocenters. The molecular formula is C9H10N6O2. The molecule has 6 N–H and O–H groups in total. The minimum absolute atomic E-state index is 0.0115. The zero-order valence-corrected chi connectivity index (χ0v) is 8.64. The number of hydrogen-bond donors (Lipinski definition) is 5. The van der Waals surface area contributed by atoms with Crippen molar-refractivity contribution in [1.29, 1.82) is 0 Å². The largest absolute Gasteiger partial charge is 0.350 e. The van der Waals surface area contributed by atoms with Gasteiger partial charge in [-0.1, -0.05) is 12.1 Å². The summed E-state index contributed by atoms with van der Waals surface area (Å²) in [4.78, 5) is 18.6. The van der Waals surface area contributed by atoms with Crippen LogP contribution in [0.1, 0.15) is 0 Å². The fourth-order valence-electron chi connectivity index (χ4n) is 1.34. The molecule has 2 amide bonds. The number of primary amides is 1. The highest BCUT2D eigenvalue weighted by Crippen LogP contribution is 2.20. The third-order valence-corrected chi connectivity index (χ3v) is 2.01. The monoisotopic (exact) mass is 234 g/mol. The van der Waals surface area contributed by atoms with Crippen LogP contribution in [0.4, 0.5) is 16.6 Å². The number of hydrogen-bond acceptors (Lipinski definition) is 6. The maximum absolute atomic E-state index is 10.6. The predicted octanol–water partition coefficient (Wildman–Crippen LogP) is 0.426. The smallest absolute Gasteiger partial charge is 0.330 e. The van der Waals surface area contributed by atoms with Gasteiger partial charge in [0.15, 0.2) is 5.82 Å². The molecule has 0 aliphatic heterocycles. The van der Waals surface area contributed by atoms with Gasteiger partial charge < -0.3 is 5.73 Å². The number of para-hydroxylation sites is 1. The van der Waals surface area contributed by atoms with Crippen LogP contribution in [0.15, 0.2) is 24.3 Å². The molecule has 0 aliphatic carbocycles. The molecule has 0 fully saturated rings. The molecule has 0 radical (unpaired) electrons. The van der Waals surface area contributed by atoms with Crippen LogP contribution in [-0.4, -0.2) is 21.2 Å². The van der Waals surface area contributed by atoms with Crippen LogP contribution < -0.4 is 22.1 Å². The molecule has 0 saturated carbocycles. The van der Waals surface area contributed by atoms with Gasteiger partial charge in [0.1, 0.15) is 0 Å². The summed E-state index contributed by atoms with van der Waals surface area (Å²) in [6.07, 6.45) is 0. The lowest BCUT2D eigenvalue weighted by Crippen LogP contribution is -2.34. The van der Waals surface area contributed by atoms with Gasteiger partial charge in [-0.2, -0.15) is 4.98 Å². The van der Waals surface area contributed by atoms with Gasteiger partial charge in [-0.15, -0.1) is 0 Å². The summed E-state index contributed by atoms with van der Waals surface area (Å²) in [6, 6.07) is 6.36. The summed E-state index contributed by atoms with van der Waals surface area (Å²) in [7, 11) is 0. The van der Waals surface area contributed by atoms with Crippen molar-refractivity contribution in [1.82, 2.24) is 15.4 Å². The minimum atomic E-state index is -0.744. The van der Waals surface area contributed by atoms with Gasteiger partial charge in [0, 0.05) is 5.39 Å². The molecule has 1 aromatic carbocycles. The van der Waals surface area contributed by atoms with E-state index >= 15 is 0 Å². The quantitative estimate of drug-likeness (QED) is 0.490. The summed E-state index contributed by atoms with van der Waals surface area (Å²) in [5, 5.41) is 9.46. The fraction of sp³-hybridized carbons (Fsp3) is 0. The van der Waals surface area contributed by atoms with Crippen molar-refractivity contribution < 1.29 is 10.0 Å². The van der Waals surface area contributed by atoms with E-state index in [1.54, 1.807) is 24.3 Å². The molecule has 8 nitrogen and oxygen atoms in total. The number of aromatic nitrogens is 2. The summed E-state index contributed by atoms with van der Waals surface area (Å²) >= 11 is 0. The lowest BCUT2D eigenvalue weighted by molar-refractivity contribution is 0.250. The number of carbonyl (C=O) groups excluding carboxylic acids is 1. The van der Waals surface area contributed by atoms with Gasteiger partial charge in [-0.05, 0) is 12.1 Å². The Morgan fingerprint density at radius 3 is 2.76 bits per heavy atom. The minimum Gasteiger partial charge on any atom is -0.350 e. The van der Waals surface area contributed by atoms with E-state index in [1.807, 2.05) is 5.48 Å². The van der Waals surface area contributed by atoms with Crippen molar-refractivity contribution in [3.63, 3.8) is 0 Å². The normalized spacial score (nSPS) is 9.94. The molecule has 0 spiro atoms. The molecule has 8 heteroatoms. The second-order valence-electron chi connectivity index (χ2n) is 3.14. The maximum atomic E-state index is 10.6. The van der Waals surface area contributed by atoms with Gasteiger partial charge >= 0.3 is 6.03 Å². The number of rotatable bonds is 3. The maximum Gasteiger partial charge on any atom is 0.330 e. The van der Waals surface area contributed by atoms with Crippen LogP contribution in [0.5, 0.6) is 0 Å². The van der Waals surface area contributed by atoms with Crippen LogP contribution >= 0.6 is 0 Å². The Bertz CT molecular complexity index is 558. The fourth-order valence-corrected chi connectivity index (χ4v) is 1.34. The van der Waals surface area contributed by atoms with E-state index in [-0.39, 0.29) is 5.95 Å². The topological polar surface area (TPSA) is 125 Å². The number of urea groups is 1. The Labute approximate surface area is 95.8 Å². The molecule has 17 heavy (non-hydrogen) atoms. The van der Waals surface area contributed by atoms with Crippen LogP contribution in [0, 0.1) is 0 Å². The molecule has 0 saturated heterocycles. The van der Waals surface area contributed by atoms with Crippen molar-refractivity contribution in [3.8, 4) is 0 Å². The summed E-state index contributed by atoms with van der Waals surface area (Å²) in [6.45, 7) is 0. The van der Waals surface area contributed by atoms with E-state index in [0.717, 1.165) is 0 Å². The Balaban J connectivity index is 2.46. The molecule has 1 aromatic heterocycles. The number of nitrogens with zero attached hydrogens (tertiary/aromatic N) is 2. The average molecular weight is 234 g/mol. The molecule has 2 aromatic rings. The van der Waals surface area contributed by atoms with Crippen molar-refractivity contribution in [3.05, 3.63) is 24.3 Å². The van der Waals surface area contributed by atoms with Gasteiger partial charge in [0.25, 0.3) is 0 Å². The van der Waals surface area contributed by atoms with Crippen LogP contribution in [0.3, 0.4) is 0 Å². The van der Waals surface area contributed by atoms with Crippen molar-refractivity contribution in [2.75, 3.05) is 10.9 Å². The standard InChI is InChI=1S/C9H10N6O2/c10-8(16)14-13-7-5-3-1-2-4-6(5)11-9(12-7)15-17/h1-4,17H,(H3,10,14,16)(H2,11,12,13,15). The highest BCUT2D eigenvalue weighted by molar-refractivity contribution is 5.90. The van der Waals surface area contributed by atoms with Crippen molar-refractivity contribution in [2.45, 2.75) is 0 Å².